The van der Waals surface area contributed by atoms with Gasteiger partial charge in [-0.15, -0.1) is 0 Å². The molecule has 0 radical (unpaired) electrons. The van der Waals surface area contributed by atoms with Gasteiger partial charge in [-0.2, -0.15) is 0 Å². The maximum atomic E-state index is 11.0. The molecule has 1 aliphatic rings. The molecular weight excluding hydrogens is 202 g/mol. The van der Waals surface area contributed by atoms with Gasteiger partial charge in [-0.05, 0) is 17.7 Å². The zero-order valence-electron chi connectivity index (χ0n) is 7.50. The Labute approximate surface area is 87.0 Å². The van der Waals surface area contributed by atoms with Gasteiger partial charge in [0.15, 0.2) is 0 Å². The second-order valence-corrected chi connectivity index (χ2v) is 3.61. The van der Waals surface area contributed by atoms with E-state index >= 15 is 0 Å². The first-order valence-corrected chi connectivity index (χ1v) is 4.82. The van der Waals surface area contributed by atoms with Crippen LogP contribution in [-0.4, -0.2) is 12.7 Å². The Morgan fingerprint density at radius 1 is 1.36 bits per heavy atom. The number of halogens is 1. The number of ether oxygens (including phenoxy) is 1. The van der Waals surface area contributed by atoms with Crippen LogP contribution in [0.1, 0.15) is 18.0 Å². The van der Waals surface area contributed by atoms with Gasteiger partial charge in [0.2, 0.25) is 0 Å². The van der Waals surface area contributed by atoms with E-state index in [0.29, 0.717) is 11.6 Å². The Hall–Kier alpha value is -1.22. The van der Waals surface area contributed by atoms with Gasteiger partial charge in [0.05, 0.1) is 12.6 Å². The molecule has 0 bridgehead atoms. The van der Waals surface area contributed by atoms with Crippen LogP contribution in [-0.2, 0) is 4.74 Å². The molecule has 0 spiro atoms. The zero-order chi connectivity index (χ0) is 9.97. The van der Waals surface area contributed by atoms with Crippen LogP contribution < -0.4 is 5.32 Å². The maximum absolute atomic E-state index is 11.0. The van der Waals surface area contributed by atoms with E-state index in [1.54, 1.807) is 0 Å². The molecule has 1 fully saturated rings. The van der Waals surface area contributed by atoms with Crippen LogP contribution in [0.5, 0.6) is 0 Å². The van der Waals surface area contributed by atoms with Gasteiger partial charge < -0.3 is 10.1 Å². The number of nitrogens with one attached hydrogen (secondary N) is 1. The summed E-state index contributed by atoms with van der Waals surface area (Å²) in [5.41, 5.74) is 1.06. The van der Waals surface area contributed by atoms with Crippen LogP contribution in [0.4, 0.5) is 4.79 Å². The summed E-state index contributed by atoms with van der Waals surface area (Å²) in [7, 11) is 0. The van der Waals surface area contributed by atoms with Crippen molar-refractivity contribution in [3.63, 3.8) is 0 Å². The van der Waals surface area contributed by atoms with E-state index in [2.05, 4.69) is 5.32 Å². The minimum absolute atomic E-state index is 0.0496. The standard InChI is InChI=1S/C10H10ClNO2/c11-8-3-1-7(2-4-8)9-5-6-14-10(13)12-9/h1-4,9H,5-6H2,(H,12,13)/t9-/m1/s1. The van der Waals surface area contributed by atoms with Crippen molar-refractivity contribution in [3.8, 4) is 0 Å². The molecule has 14 heavy (non-hydrogen) atoms. The Kier molecular flexibility index (Phi) is 2.59. The van der Waals surface area contributed by atoms with E-state index in [0.717, 1.165) is 12.0 Å². The number of amides is 1. The fourth-order valence-electron chi connectivity index (χ4n) is 1.47. The van der Waals surface area contributed by atoms with Gasteiger partial charge in [0.1, 0.15) is 0 Å². The third kappa shape index (κ3) is 1.99. The van der Waals surface area contributed by atoms with Crippen molar-refractivity contribution in [3.05, 3.63) is 34.9 Å². The van der Waals surface area contributed by atoms with Gasteiger partial charge in [-0.1, -0.05) is 23.7 Å². The molecule has 1 atom stereocenters. The summed E-state index contributed by atoms with van der Waals surface area (Å²) in [6, 6.07) is 7.52. The molecule has 4 heteroatoms. The molecule has 1 saturated heterocycles. The number of benzene rings is 1. The van der Waals surface area contributed by atoms with Gasteiger partial charge >= 0.3 is 6.09 Å². The molecule has 0 saturated carbocycles. The fourth-order valence-corrected chi connectivity index (χ4v) is 1.60. The predicted molar refractivity (Wildman–Crippen MR) is 53.3 cm³/mol. The summed E-state index contributed by atoms with van der Waals surface area (Å²) in [5, 5.41) is 3.45. The molecule has 2 rings (SSSR count). The topological polar surface area (TPSA) is 38.3 Å². The number of carbonyl (C=O) groups is 1. The normalized spacial score (nSPS) is 21.2. The lowest BCUT2D eigenvalue weighted by Gasteiger charge is -2.23. The quantitative estimate of drug-likeness (QED) is 0.775. The number of alkyl carbamates (subject to hydrolysis) is 1. The smallest absolute Gasteiger partial charge is 0.407 e. The van der Waals surface area contributed by atoms with Crippen LogP contribution in [0, 0.1) is 0 Å². The Morgan fingerprint density at radius 3 is 2.71 bits per heavy atom. The highest BCUT2D eigenvalue weighted by Gasteiger charge is 2.20. The van der Waals surface area contributed by atoms with E-state index < -0.39 is 0 Å². The third-order valence-corrected chi connectivity index (χ3v) is 2.46. The van der Waals surface area contributed by atoms with Crippen molar-refractivity contribution in [2.75, 3.05) is 6.61 Å². The van der Waals surface area contributed by atoms with Crippen molar-refractivity contribution in [1.82, 2.24) is 5.32 Å². The largest absolute Gasteiger partial charge is 0.449 e. The second-order valence-electron chi connectivity index (χ2n) is 3.17. The van der Waals surface area contributed by atoms with Gasteiger partial charge in [-0.25, -0.2) is 4.79 Å². The number of hydrogen-bond acceptors (Lipinski definition) is 2. The number of cyclic esters (lactones) is 1. The molecule has 1 aliphatic heterocycles. The lowest BCUT2D eigenvalue weighted by atomic mass is 10.0. The van der Waals surface area contributed by atoms with Crippen molar-refractivity contribution in [2.24, 2.45) is 0 Å². The molecule has 1 amide bonds. The van der Waals surface area contributed by atoms with E-state index in [-0.39, 0.29) is 12.1 Å². The maximum Gasteiger partial charge on any atom is 0.407 e. The van der Waals surface area contributed by atoms with Crippen LogP contribution >= 0.6 is 11.6 Å². The monoisotopic (exact) mass is 211 g/mol. The lowest BCUT2D eigenvalue weighted by molar-refractivity contribution is 0.115. The average Bonchev–Trinajstić information content (AvgIpc) is 2.19. The number of rotatable bonds is 1. The van der Waals surface area contributed by atoms with Crippen LogP contribution in [0.2, 0.25) is 5.02 Å². The molecular formula is C10H10ClNO2. The van der Waals surface area contributed by atoms with Crippen LogP contribution in [0.3, 0.4) is 0 Å². The van der Waals surface area contributed by atoms with Gasteiger partial charge in [0.25, 0.3) is 0 Å². The first-order valence-electron chi connectivity index (χ1n) is 4.44. The summed E-state index contributed by atoms with van der Waals surface area (Å²) < 4.78 is 4.78. The molecule has 1 heterocycles. The molecule has 1 aromatic rings. The summed E-state index contributed by atoms with van der Waals surface area (Å²) >= 11 is 5.77. The molecule has 0 unspecified atom stereocenters. The highest BCUT2D eigenvalue weighted by atomic mass is 35.5. The first kappa shape index (κ1) is 9.34. The lowest BCUT2D eigenvalue weighted by Crippen LogP contribution is -2.35. The molecule has 3 nitrogen and oxygen atoms in total. The molecule has 74 valence electrons. The average molecular weight is 212 g/mol. The first-order chi connectivity index (χ1) is 6.75. The van der Waals surface area contributed by atoms with Crippen molar-refractivity contribution >= 4 is 17.7 Å². The zero-order valence-corrected chi connectivity index (χ0v) is 8.25. The van der Waals surface area contributed by atoms with E-state index in [1.807, 2.05) is 24.3 Å². The summed E-state index contributed by atoms with van der Waals surface area (Å²) in [6.07, 6.45) is 0.448. The highest BCUT2D eigenvalue weighted by Crippen LogP contribution is 2.21. The fraction of sp³-hybridized carbons (Fsp3) is 0.300. The van der Waals surface area contributed by atoms with E-state index in [9.17, 15) is 4.79 Å². The molecule has 1 aromatic carbocycles. The summed E-state index contributed by atoms with van der Waals surface area (Å²) in [4.78, 5) is 11.0. The van der Waals surface area contributed by atoms with Crippen molar-refractivity contribution < 1.29 is 9.53 Å². The SMILES string of the molecule is O=C1N[C@@H](c2ccc(Cl)cc2)CCO1. The molecule has 0 aliphatic carbocycles. The molecule has 0 aromatic heterocycles. The summed E-state index contributed by atoms with van der Waals surface area (Å²) in [6.45, 7) is 0.471. The molecule has 1 N–H and O–H groups in total. The minimum Gasteiger partial charge on any atom is -0.449 e. The van der Waals surface area contributed by atoms with E-state index in [4.69, 9.17) is 16.3 Å². The van der Waals surface area contributed by atoms with Crippen molar-refractivity contribution in [2.45, 2.75) is 12.5 Å². The minimum atomic E-state index is -0.351. The summed E-state index contributed by atoms with van der Waals surface area (Å²) in [5.74, 6) is 0. The van der Waals surface area contributed by atoms with Crippen LogP contribution in [0.25, 0.3) is 0 Å². The predicted octanol–water partition coefficient (Wildman–Crippen LogP) is 2.51. The second kappa shape index (κ2) is 3.88. The Bertz CT molecular complexity index is 336. The third-order valence-electron chi connectivity index (χ3n) is 2.20. The highest BCUT2D eigenvalue weighted by molar-refractivity contribution is 6.30. The van der Waals surface area contributed by atoms with Gasteiger partial charge in [-0.3, -0.25) is 0 Å². The Balaban J connectivity index is 2.14. The van der Waals surface area contributed by atoms with Crippen molar-refractivity contribution in [1.29, 1.82) is 0 Å². The Morgan fingerprint density at radius 2 is 2.07 bits per heavy atom. The number of hydrogen-bond donors (Lipinski definition) is 1. The number of carbonyl (C=O) groups excluding carboxylic acids is 1. The van der Waals surface area contributed by atoms with Gasteiger partial charge in [0, 0.05) is 11.4 Å². The van der Waals surface area contributed by atoms with Crippen LogP contribution in [0.15, 0.2) is 24.3 Å². The van der Waals surface area contributed by atoms with E-state index in [1.165, 1.54) is 0 Å².